The number of amides is 1. The Labute approximate surface area is 205 Å². The van der Waals surface area contributed by atoms with Crippen molar-refractivity contribution in [3.8, 4) is 17.0 Å². The molecule has 0 spiro atoms. The van der Waals surface area contributed by atoms with Gasteiger partial charge < -0.3 is 24.6 Å². The number of methoxy groups -OCH3 is 1. The van der Waals surface area contributed by atoms with E-state index in [0.29, 0.717) is 0 Å². The monoisotopic (exact) mass is 473 g/mol. The molecule has 2 saturated heterocycles. The quantitative estimate of drug-likeness (QED) is 0.583. The number of aromatic nitrogens is 2. The minimum Gasteiger partial charge on any atom is -0.497 e. The fourth-order valence-corrected chi connectivity index (χ4v) is 4.63. The van der Waals surface area contributed by atoms with Crippen LogP contribution in [0.4, 0.5) is 17.2 Å². The lowest BCUT2D eigenvalue weighted by Crippen LogP contribution is -2.38. The highest BCUT2D eigenvalue weighted by Crippen LogP contribution is 2.27. The summed E-state index contributed by atoms with van der Waals surface area (Å²) in [7, 11) is 1.66. The maximum atomic E-state index is 12.9. The van der Waals surface area contributed by atoms with E-state index in [0.717, 1.165) is 80.7 Å². The fourth-order valence-electron chi connectivity index (χ4n) is 4.63. The zero-order valence-electron chi connectivity index (χ0n) is 20.0. The number of benzene rings is 2. The van der Waals surface area contributed by atoms with Crippen LogP contribution in [0.15, 0.2) is 60.9 Å². The van der Waals surface area contributed by atoms with Crippen molar-refractivity contribution in [2.24, 2.45) is 5.92 Å². The third-order valence-corrected chi connectivity index (χ3v) is 6.74. The zero-order chi connectivity index (χ0) is 24.0. The number of anilines is 3. The zero-order valence-corrected chi connectivity index (χ0v) is 20.0. The van der Waals surface area contributed by atoms with E-state index in [-0.39, 0.29) is 11.8 Å². The first-order valence-electron chi connectivity index (χ1n) is 12.1. The summed E-state index contributed by atoms with van der Waals surface area (Å²) in [5.41, 5.74) is 3.90. The van der Waals surface area contributed by atoms with Gasteiger partial charge in [0.1, 0.15) is 17.9 Å². The SMILES string of the molecule is COc1ccc(-c2cc(N3CCC(C(=O)Nc4ccc(N5CCOCC5)cc4)CC3)ncn2)cc1. The molecule has 0 radical (unpaired) electrons. The Hall–Kier alpha value is -3.65. The standard InChI is InChI=1S/C27H31N5O3/c1-34-24-8-2-20(3-9-24)25-18-26(29-19-28-25)32-12-10-21(11-13-32)27(33)30-22-4-6-23(7-5-22)31-14-16-35-17-15-31/h2-9,18-19,21H,10-17H2,1H3,(H,30,33). The summed E-state index contributed by atoms with van der Waals surface area (Å²) in [5.74, 6) is 1.79. The summed E-state index contributed by atoms with van der Waals surface area (Å²) >= 11 is 0. The Morgan fingerprint density at radius 2 is 1.66 bits per heavy atom. The highest BCUT2D eigenvalue weighted by molar-refractivity contribution is 5.92. The van der Waals surface area contributed by atoms with Crippen LogP contribution in [0.25, 0.3) is 11.3 Å². The van der Waals surface area contributed by atoms with Crippen LogP contribution >= 0.6 is 0 Å². The van der Waals surface area contributed by atoms with E-state index in [1.54, 1.807) is 13.4 Å². The summed E-state index contributed by atoms with van der Waals surface area (Å²) in [6.45, 7) is 4.89. The van der Waals surface area contributed by atoms with Crippen molar-refractivity contribution >= 4 is 23.1 Å². The van der Waals surface area contributed by atoms with Crippen LogP contribution in [0.3, 0.4) is 0 Å². The number of morpholine rings is 1. The predicted molar refractivity (Wildman–Crippen MR) is 137 cm³/mol. The maximum absolute atomic E-state index is 12.9. The van der Waals surface area contributed by atoms with E-state index in [1.165, 1.54) is 5.69 Å². The number of nitrogens with one attached hydrogen (secondary N) is 1. The van der Waals surface area contributed by atoms with Crippen molar-refractivity contribution in [3.63, 3.8) is 0 Å². The van der Waals surface area contributed by atoms with Crippen molar-refractivity contribution in [1.82, 2.24) is 9.97 Å². The van der Waals surface area contributed by atoms with Crippen molar-refractivity contribution in [1.29, 1.82) is 0 Å². The Balaban J connectivity index is 1.15. The van der Waals surface area contributed by atoms with E-state index in [2.05, 4.69) is 37.2 Å². The van der Waals surface area contributed by atoms with Gasteiger partial charge in [-0.15, -0.1) is 0 Å². The lowest BCUT2D eigenvalue weighted by molar-refractivity contribution is -0.120. The van der Waals surface area contributed by atoms with Gasteiger partial charge in [0.25, 0.3) is 0 Å². The summed E-state index contributed by atoms with van der Waals surface area (Å²) in [5, 5.41) is 3.10. The van der Waals surface area contributed by atoms with Gasteiger partial charge >= 0.3 is 0 Å². The molecule has 8 heteroatoms. The van der Waals surface area contributed by atoms with Gasteiger partial charge in [-0.3, -0.25) is 4.79 Å². The molecule has 0 saturated carbocycles. The van der Waals surface area contributed by atoms with Crippen molar-refractivity contribution in [2.75, 3.05) is 61.6 Å². The largest absolute Gasteiger partial charge is 0.497 e. The molecule has 2 aliphatic rings. The molecular weight excluding hydrogens is 442 g/mol. The second-order valence-electron chi connectivity index (χ2n) is 8.89. The first kappa shape index (κ1) is 23.1. The van der Waals surface area contributed by atoms with Crippen LogP contribution in [0.5, 0.6) is 5.75 Å². The molecule has 1 aromatic heterocycles. The van der Waals surface area contributed by atoms with Crippen LogP contribution in [-0.4, -0.2) is 62.4 Å². The van der Waals surface area contributed by atoms with Crippen LogP contribution < -0.4 is 19.9 Å². The Morgan fingerprint density at radius 3 is 2.34 bits per heavy atom. The minimum absolute atomic E-state index is 0.00642. The topological polar surface area (TPSA) is 79.8 Å². The van der Waals surface area contributed by atoms with Gasteiger partial charge in [0.05, 0.1) is 26.0 Å². The summed E-state index contributed by atoms with van der Waals surface area (Å²) in [6, 6.07) is 18.0. The molecule has 35 heavy (non-hydrogen) atoms. The summed E-state index contributed by atoms with van der Waals surface area (Å²) < 4.78 is 10.7. The van der Waals surface area contributed by atoms with Crippen LogP contribution in [-0.2, 0) is 9.53 Å². The van der Waals surface area contributed by atoms with E-state index in [4.69, 9.17) is 9.47 Å². The lowest BCUT2D eigenvalue weighted by atomic mass is 9.95. The molecule has 2 fully saturated rings. The molecule has 2 aliphatic heterocycles. The number of carbonyl (C=O) groups is 1. The molecule has 2 aromatic carbocycles. The third-order valence-electron chi connectivity index (χ3n) is 6.74. The average molecular weight is 474 g/mol. The van der Waals surface area contributed by atoms with E-state index in [9.17, 15) is 4.79 Å². The molecule has 3 aromatic rings. The van der Waals surface area contributed by atoms with Gasteiger partial charge in [-0.1, -0.05) is 0 Å². The number of rotatable bonds is 6. The van der Waals surface area contributed by atoms with Gasteiger partial charge in [0.2, 0.25) is 5.91 Å². The average Bonchev–Trinajstić information content (AvgIpc) is 2.94. The predicted octanol–water partition coefficient (Wildman–Crippen LogP) is 3.84. The number of nitrogens with zero attached hydrogens (tertiary/aromatic N) is 4. The number of ether oxygens (including phenoxy) is 2. The number of hydrogen-bond acceptors (Lipinski definition) is 7. The summed E-state index contributed by atoms with van der Waals surface area (Å²) in [4.78, 5) is 26.4. The van der Waals surface area contributed by atoms with Gasteiger partial charge in [-0.2, -0.15) is 0 Å². The van der Waals surface area contributed by atoms with Gasteiger partial charge in [0.15, 0.2) is 0 Å². The fraction of sp³-hybridized carbons (Fsp3) is 0.370. The van der Waals surface area contributed by atoms with Crippen LogP contribution in [0, 0.1) is 5.92 Å². The van der Waals surface area contributed by atoms with Gasteiger partial charge in [-0.25, -0.2) is 9.97 Å². The summed E-state index contributed by atoms with van der Waals surface area (Å²) in [6.07, 6.45) is 3.19. The van der Waals surface area contributed by atoms with E-state index >= 15 is 0 Å². The highest BCUT2D eigenvalue weighted by atomic mass is 16.5. The number of carbonyl (C=O) groups excluding carboxylic acids is 1. The molecule has 1 N–H and O–H groups in total. The molecule has 3 heterocycles. The third kappa shape index (κ3) is 5.54. The van der Waals surface area contributed by atoms with Gasteiger partial charge in [0, 0.05) is 55.1 Å². The second kappa shape index (κ2) is 10.7. The van der Waals surface area contributed by atoms with Gasteiger partial charge in [-0.05, 0) is 61.4 Å². The molecule has 8 nitrogen and oxygen atoms in total. The molecule has 5 rings (SSSR count). The molecule has 0 unspecified atom stereocenters. The van der Waals surface area contributed by atoms with Crippen molar-refractivity contribution in [2.45, 2.75) is 12.8 Å². The molecule has 0 atom stereocenters. The number of piperidine rings is 1. The molecule has 1 amide bonds. The Bertz CT molecular complexity index is 1120. The smallest absolute Gasteiger partial charge is 0.227 e. The molecular formula is C27H31N5O3. The van der Waals surface area contributed by atoms with Crippen molar-refractivity contribution in [3.05, 3.63) is 60.9 Å². The van der Waals surface area contributed by atoms with Crippen LogP contribution in [0.1, 0.15) is 12.8 Å². The first-order chi connectivity index (χ1) is 17.2. The Kier molecular flexibility index (Phi) is 7.09. The van der Waals surface area contributed by atoms with E-state index in [1.807, 2.05) is 42.5 Å². The normalized spacial score (nSPS) is 16.7. The lowest BCUT2D eigenvalue weighted by Gasteiger charge is -2.32. The molecule has 0 bridgehead atoms. The van der Waals surface area contributed by atoms with Crippen molar-refractivity contribution < 1.29 is 14.3 Å². The van der Waals surface area contributed by atoms with Crippen LogP contribution in [0.2, 0.25) is 0 Å². The molecule has 0 aliphatic carbocycles. The minimum atomic E-state index is -0.00642. The highest BCUT2D eigenvalue weighted by Gasteiger charge is 2.26. The molecule has 182 valence electrons. The first-order valence-corrected chi connectivity index (χ1v) is 12.1. The van der Waals surface area contributed by atoms with E-state index < -0.39 is 0 Å². The number of hydrogen-bond donors (Lipinski definition) is 1. The second-order valence-corrected chi connectivity index (χ2v) is 8.89. The maximum Gasteiger partial charge on any atom is 0.227 e. The Morgan fingerprint density at radius 1 is 0.943 bits per heavy atom.